The fourth-order valence-electron chi connectivity index (χ4n) is 3.40. The standard InChI is InChI=1S/C23H22N8/c1-3-7-24-20(5-1)14-28-9-11-30(18-28)16-22-13-23(27-26-22)17-31-12-10-29(19-31)15-21-6-2-4-8-25-21/h1-13H,14-17H2,(H,26,27). The van der Waals surface area contributed by atoms with Gasteiger partial charge in [-0.1, -0.05) is 12.1 Å². The van der Waals surface area contributed by atoms with Crippen molar-refractivity contribution in [3.63, 3.8) is 0 Å². The number of hydrogen-bond donors (Lipinski definition) is 1. The summed E-state index contributed by atoms with van der Waals surface area (Å²) in [6, 6.07) is 13.9. The number of imidazole rings is 2. The van der Waals surface area contributed by atoms with Crippen molar-refractivity contribution in [1.82, 2.24) is 29.3 Å². The number of aromatic amines is 1. The predicted octanol–water partition coefficient (Wildman–Crippen LogP) is 1.17. The topological polar surface area (TPSA) is 72.1 Å². The van der Waals surface area contributed by atoms with E-state index >= 15 is 0 Å². The van der Waals surface area contributed by atoms with Crippen LogP contribution in [0.25, 0.3) is 0 Å². The smallest absolute Gasteiger partial charge is 0.204 e. The van der Waals surface area contributed by atoms with Gasteiger partial charge in [0.2, 0.25) is 12.7 Å². The minimum atomic E-state index is 0.654. The Morgan fingerprint density at radius 3 is 1.97 bits per heavy atom. The minimum absolute atomic E-state index is 0.654. The van der Waals surface area contributed by atoms with E-state index < -0.39 is 0 Å². The van der Waals surface area contributed by atoms with Gasteiger partial charge in [0.25, 0.3) is 0 Å². The Morgan fingerprint density at radius 2 is 1.39 bits per heavy atom. The van der Waals surface area contributed by atoms with E-state index in [1.807, 2.05) is 79.5 Å². The zero-order valence-corrected chi connectivity index (χ0v) is 17.0. The molecule has 0 atom stereocenters. The molecular weight excluding hydrogens is 388 g/mol. The molecule has 0 saturated heterocycles. The van der Waals surface area contributed by atoms with Gasteiger partial charge in [0, 0.05) is 12.4 Å². The molecule has 8 nitrogen and oxygen atoms in total. The fraction of sp³-hybridized carbons (Fsp3) is 0.174. The number of aromatic nitrogens is 8. The van der Waals surface area contributed by atoms with Crippen molar-refractivity contribution in [3.8, 4) is 0 Å². The summed E-state index contributed by atoms with van der Waals surface area (Å²) >= 11 is 0. The molecule has 5 aromatic heterocycles. The van der Waals surface area contributed by atoms with E-state index in [9.17, 15) is 0 Å². The third-order valence-electron chi connectivity index (χ3n) is 4.84. The summed E-state index contributed by atoms with van der Waals surface area (Å²) in [4.78, 5) is 8.72. The van der Waals surface area contributed by atoms with E-state index in [1.54, 1.807) is 12.4 Å². The minimum Gasteiger partial charge on any atom is -0.346 e. The highest BCUT2D eigenvalue weighted by atomic mass is 15.2. The van der Waals surface area contributed by atoms with Crippen LogP contribution >= 0.6 is 0 Å². The van der Waals surface area contributed by atoms with Crippen molar-refractivity contribution in [2.24, 2.45) is 0 Å². The van der Waals surface area contributed by atoms with Crippen molar-refractivity contribution in [2.45, 2.75) is 26.2 Å². The first kappa shape index (κ1) is 18.9. The summed E-state index contributed by atoms with van der Waals surface area (Å²) in [7, 11) is 0. The summed E-state index contributed by atoms with van der Waals surface area (Å²) in [5, 5.41) is 7.57. The molecule has 0 fully saturated rings. The molecule has 5 rings (SSSR count). The van der Waals surface area contributed by atoms with Gasteiger partial charge in [0.05, 0.1) is 17.1 Å². The van der Waals surface area contributed by atoms with Gasteiger partial charge < -0.3 is 18.3 Å². The van der Waals surface area contributed by atoms with Crippen LogP contribution in [0.1, 0.15) is 22.8 Å². The Balaban J connectivity index is 1.18. The predicted molar refractivity (Wildman–Crippen MR) is 110 cm³/mol. The van der Waals surface area contributed by atoms with Crippen LogP contribution in [0.3, 0.4) is 0 Å². The van der Waals surface area contributed by atoms with Crippen molar-refractivity contribution in [2.75, 3.05) is 0 Å². The van der Waals surface area contributed by atoms with Crippen LogP contribution in [0.2, 0.25) is 0 Å². The van der Waals surface area contributed by atoms with Gasteiger partial charge in [-0.25, -0.2) is 0 Å². The summed E-state index contributed by atoms with van der Waals surface area (Å²) in [6.07, 6.45) is 18.2. The maximum Gasteiger partial charge on any atom is 0.204 e. The van der Waals surface area contributed by atoms with E-state index in [0.29, 0.717) is 26.2 Å². The Hall–Kier alpha value is -4.07. The number of hydrogen-bond acceptors (Lipinski definition) is 3. The first-order chi connectivity index (χ1) is 15.3. The van der Waals surface area contributed by atoms with Crippen LogP contribution in [-0.2, 0) is 26.2 Å². The van der Waals surface area contributed by atoms with Crippen LogP contribution in [-0.4, -0.2) is 29.3 Å². The summed E-state index contributed by atoms with van der Waals surface area (Å²) < 4.78 is 7.98. The Kier molecular flexibility index (Phi) is 5.34. The fourth-order valence-corrected chi connectivity index (χ4v) is 3.40. The molecule has 0 unspecified atom stereocenters. The van der Waals surface area contributed by atoms with Crippen LogP contribution in [0, 0.1) is 12.7 Å². The van der Waals surface area contributed by atoms with Gasteiger partial charge in [0.1, 0.15) is 31.9 Å². The lowest BCUT2D eigenvalue weighted by molar-refractivity contribution is -0.693. The van der Waals surface area contributed by atoms with E-state index in [0.717, 1.165) is 22.8 Å². The average Bonchev–Trinajstić information content (AvgIpc) is 3.53. The summed E-state index contributed by atoms with van der Waals surface area (Å²) in [5.74, 6) is 0. The quantitative estimate of drug-likeness (QED) is 0.308. The van der Waals surface area contributed by atoms with Crippen molar-refractivity contribution in [1.29, 1.82) is 0 Å². The van der Waals surface area contributed by atoms with E-state index in [4.69, 9.17) is 0 Å². The molecule has 0 saturated carbocycles. The van der Waals surface area contributed by atoms with Crippen LogP contribution < -0.4 is 9.13 Å². The van der Waals surface area contributed by atoms with E-state index in [2.05, 4.69) is 38.9 Å². The highest BCUT2D eigenvalue weighted by Crippen LogP contribution is 2.02. The van der Waals surface area contributed by atoms with E-state index in [-0.39, 0.29) is 0 Å². The van der Waals surface area contributed by atoms with Gasteiger partial charge >= 0.3 is 0 Å². The van der Waals surface area contributed by atoms with Gasteiger partial charge in [-0.3, -0.25) is 15.1 Å². The molecule has 0 radical (unpaired) electrons. The van der Waals surface area contributed by atoms with Gasteiger partial charge in [-0.2, -0.15) is 5.10 Å². The molecule has 154 valence electrons. The van der Waals surface area contributed by atoms with Gasteiger partial charge in [-0.05, 0) is 55.1 Å². The molecule has 5 heterocycles. The molecule has 8 heteroatoms. The molecule has 0 aliphatic heterocycles. The number of H-pyrrole nitrogens is 1. The van der Waals surface area contributed by atoms with Crippen molar-refractivity contribution < 1.29 is 9.13 Å². The Labute approximate surface area is 180 Å². The molecule has 0 bridgehead atoms. The second-order valence-corrected chi connectivity index (χ2v) is 7.33. The number of pyridine rings is 2. The molecule has 1 N–H and O–H groups in total. The maximum absolute atomic E-state index is 4.44. The van der Waals surface area contributed by atoms with Crippen molar-refractivity contribution in [3.05, 3.63) is 115 Å². The lowest BCUT2D eigenvalue weighted by Gasteiger charge is -2.00. The molecular formula is C23H22N8. The molecule has 0 aliphatic carbocycles. The molecule has 0 aromatic carbocycles. The second-order valence-electron chi connectivity index (χ2n) is 7.33. The van der Waals surface area contributed by atoms with Gasteiger partial charge in [0.15, 0.2) is 0 Å². The SMILES string of the molecule is [c-]1n(Cc2ccccn2)cc[n+]1Cc1cc(C[n+]2[c-]n(Cc3ccccn3)cc2)[nH]n1. The van der Waals surface area contributed by atoms with Crippen LogP contribution in [0.4, 0.5) is 0 Å². The second kappa shape index (κ2) is 8.74. The van der Waals surface area contributed by atoms with Gasteiger partial charge in [-0.15, -0.1) is 0 Å². The first-order valence-electron chi connectivity index (χ1n) is 10.1. The lowest BCUT2D eigenvalue weighted by atomic mass is 10.3. The number of nitrogens with zero attached hydrogens (tertiary/aromatic N) is 7. The van der Waals surface area contributed by atoms with E-state index in [1.165, 1.54) is 0 Å². The highest BCUT2D eigenvalue weighted by Gasteiger charge is 2.07. The summed E-state index contributed by atoms with van der Waals surface area (Å²) in [5.41, 5.74) is 4.00. The zero-order chi connectivity index (χ0) is 20.9. The largest absolute Gasteiger partial charge is 0.346 e. The van der Waals surface area contributed by atoms with Crippen molar-refractivity contribution >= 4 is 0 Å². The zero-order valence-electron chi connectivity index (χ0n) is 17.0. The number of rotatable bonds is 8. The third kappa shape index (κ3) is 4.92. The van der Waals surface area contributed by atoms with Crippen LogP contribution in [0.15, 0.2) is 79.6 Å². The first-order valence-corrected chi connectivity index (χ1v) is 10.1. The molecule has 0 spiro atoms. The van der Waals surface area contributed by atoms with Crippen LogP contribution in [0.5, 0.6) is 0 Å². The average molecular weight is 410 g/mol. The Morgan fingerprint density at radius 1 is 0.774 bits per heavy atom. The number of nitrogens with one attached hydrogen (secondary N) is 1. The molecule has 5 aromatic rings. The monoisotopic (exact) mass is 410 g/mol. The molecule has 0 aliphatic rings. The summed E-state index contributed by atoms with van der Waals surface area (Å²) in [6.45, 7) is 2.73. The normalized spacial score (nSPS) is 11.1. The highest BCUT2D eigenvalue weighted by molar-refractivity contribution is 5.07. The maximum atomic E-state index is 4.44. The third-order valence-corrected chi connectivity index (χ3v) is 4.84. The molecule has 0 amide bonds. The lowest BCUT2D eigenvalue weighted by Crippen LogP contribution is -2.33. The molecule has 31 heavy (non-hydrogen) atoms. The Bertz CT molecular complexity index is 1140.